The standard InChI is InChI=1S/C9H7ClF2O3/c10-8-5(11)2-1-4(9(8)12)6(13)3-7(14)15/h1-2,6,13H,3H2,(H,14,15). The normalized spacial score (nSPS) is 12.5. The fraction of sp³-hybridized carbons (Fsp3) is 0.222. The average Bonchev–Trinajstić information content (AvgIpc) is 2.13. The minimum absolute atomic E-state index is 0.330. The molecular weight excluding hydrogens is 230 g/mol. The molecule has 1 aromatic carbocycles. The van der Waals surface area contributed by atoms with Crippen molar-refractivity contribution >= 4 is 17.6 Å². The third-order valence-corrected chi connectivity index (χ3v) is 2.14. The Bertz CT molecular complexity index is 395. The van der Waals surface area contributed by atoms with Crippen LogP contribution < -0.4 is 0 Å². The van der Waals surface area contributed by atoms with Gasteiger partial charge in [-0.05, 0) is 6.07 Å². The highest BCUT2D eigenvalue weighted by atomic mass is 35.5. The molecule has 0 aromatic heterocycles. The van der Waals surface area contributed by atoms with Gasteiger partial charge in [0.2, 0.25) is 0 Å². The van der Waals surface area contributed by atoms with Gasteiger partial charge in [-0.2, -0.15) is 0 Å². The minimum atomic E-state index is -1.54. The molecule has 0 heterocycles. The molecule has 15 heavy (non-hydrogen) atoms. The quantitative estimate of drug-likeness (QED) is 0.791. The van der Waals surface area contributed by atoms with E-state index in [0.717, 1.165) is 12.1 Å². The summed E-state index contributed by atoms with van der Waals surface area (Å²) in [6.07, 6.45) is -2.21. The van der Waals surface area contributed by atoms with Crippen molar-refractivity contribution in [3.05, 3.63) is 34.4 Å². The lowest BCUT2D eigenvalue weighted by Gasteiger charge is -2.10. The van der Waals surface area contributed by atoms with Gasteiger partial charge in [-0.25, -0.2) is 8.78 Å². The molecule has 0 aliphatic rings. The van der Waals surface area contributed by atoms with E-state index in [-0.39, 0.29) is 5.56 Å². The maximum absolute atomic E-state index is 13.2. The van der Waals surface area contributed by atoms with Crippen LogP contribution >= 0.6 is 11.6 Å². The van der Waals surface area contributed by atoms with Crippen molar-refractivity contribution in [1.29, 1.82) is 0 Å². The number of hydrogen-bond acceptors (Lipinski definition) is 2. The summed E-state index contributed by atoms with van der Waals surface area (Å²) in [7, 11) is 0. The van der Waals surface area contributed by atoms with E-state index >= 15 is 0 Å². The molecular formula is C9H7ClF2O3. The molecule has 0 aliphatic heterocycles. The van der Waals surface area contributed by atoms with Crippen LogP contribution in [0.4, 0.5) is 8.78 Å². The summed E-state index contributed by atoms with van der Waals surface area (Å²) in [6.45, 7) is 0. The van der Waals surface area contributed by atoms with Crippen molar-refractivity contribution in [2.45, 2.75) is 12.5 Å². The fourth-order valence-corrected chi connectivity index (χ4v) is 1.25. The average molecular weight is 237 g/mol. The summed E-state index contributed by atoms with van der Waals surface area (Å²) in [5.74, 6) is -3.38. The summed E-state index contributed by atoms with van der Waals surface area (Å²) < 4.78 is 26.0. The first-order chi connectivity index (χ1) is 6.93. The summed E-state index contributed by atoms with van der Waals surface area (Å²) >= 11 is 5.25. The molecule has 0 aliphatic carbocycles. The zero-order valence-electron chi connectivity index (χ0n) is 7.38. The Hall–Kier alpha value is -1.20. The molecule has 1 rings (SSSR count). The summed E-state index contributed by atoms with van der Waals surface area (Å²) in [5.41, 5.74) is -0.330. The van der Waals surface area contributed by atoms with Crippen LogP contribution in [0.5, 0.6) is 0 Å². The first-order valence-corrected chi connectivity index (χ1v) is 4.34. The Kier molecular flexibility index (Phi) is 3.60. The van der Waals surface area contributed by atoms with Gasteiger partial charge >= 0.3 is 5.97 Å². The van der Waals surface area contributed by atoms with Crippen LogP contribution in [0.15, 0.2) is 12.1 Å². The topological polar surface area (TPSA) is 57.5 Å². The predicted molar refractivity (Wildman–Crippen MR) is 48.6 cm³/mol. The molecule has 6 heteroatoms. The lowest BCUT2D eigenvalue weighted by atomic mass is 10.1. The molecule has 0 radical (unpaired) electrons. The third-order valence-electron chi connectivity index (χ3n) is 1.79. The van der Waals surface area contributed by atoms with Gasteiger partial charge in [0.1, 0.15) is 10.8 Å². The van der Waals surface area contributed by atoms with Crippen molar-refractivity contribution < 1.29 is 23.8 Å². The van der Waals surface area contributed by atoms with E-state index in [0.29, 0.717) is 0 Å². The van der Waals surface area contributed by atoms with E-state index in [1.54, 1.807) is 0 Å². The molecule has 0 amide bonds. The second-order valence-electron chi connectivity index (χ2n) is 2.88. The van der Waals surface area contributed by atoms with Crippen molar-refractivity contribution in [2.75, 3.05) is 0 Å². The van der Waals surface area contributed by atoms with Crippen LogP contribution in [-0.4, -0.2) is 16.2 Å². The Labute approximate surface area is 88.9 Å². The van der Waals surface area contributed by atoms with Gasteiger partial charge in [-0.1, -0.05) is 17.7 Å². The number of rotatable bonds is 3. The van der Waals surface area contributed by atoms with E-state index in [9.17, 15) is 18.7 Å². The number of hydrogen-bond donors (Lipinski definition) is 2. The van der Waals surface area contributed by atoms with E-state index < -0.39 is 35.2 Å². The molecule has 2 N–H and O–H groups in total. The van der Waals surface area contributed by atoms with Crippen LogP contribution in [0.25, 0.3) is 0 Å². The fourth-order valence-electron chi connectivity index (χ4n) is 1.07. The summed E-state index contributed by atoms with van der Waals surface area (Å²) in [4.78, 5) is 10.3. The van der Waals surface area contributed by atoms with Crippen LogP contribution in [0, 0.1) is 11.6 Å². The van der Waals surface area contributed by atoms with E-state index in [4.69, 9.17) is 16.7 Å². The van der Waals surface area contributed by atoms with Gasteiger partial charge < -0.3 is 10.2 Å². The molecule has 0 saturated heterocycles. The lowest BCUT2D eigenvalue weighted by molar-refractivity contribution is -0.139. The molecule has 1 unspecified atom stereocenters. The highest BCUT2D eigenvalue weighted by Crippen LogP contribution is 2.27. The molecule has 1 atom stereocenters. The minimum Gasteiger partial charge on any atom is -0.481 e. The van der Waals surface area contributed by atoms with Crippen molar-refractivity contribution in [3.63, 3.8) is 0 Å². The van der Waals surface area contributed by atoms with Gasteiger partial charge in [0.15, 0.2) is 5.82 Å². The number of aliphatic carboxylic acids is 1. The predicted octanol–water partition coefficient (Wildman–Crippen LogP) is 2.13. The first kappa shape index (κ1) is 11.9. The second kappa shape index (κ2) is 4.55. The monoisotopic (exact) mass is 236 g/mol. The van der Waals surface area contributed by atoms with Gasteiger partial charge in [0.05, 0.1) is 12.5 Å². The van der Waals surface area contributed by atoms with Crippen LogP contribution in [0.1, 0.15) is 18.1 Å². The highest BCUT2D eigenvalue weighted by Gasteiger charge is 2.19. The smallest absolute Gasteiger partial charge is 0.306 e. The Morgan fingerprint density at radius 3 is 2.60 bits per heavy atom. The zero-order valence-corrected chi connectivity index (χ0v) is 8.13. The molecule has 0 saturated carbocycles. The number of carboxylic acids is 1. The Morgan fingerprint density at radius 2 is 2.07 bits per heavy atom. The van der Waals surface area contributed by atoms with Gasteiger partial charge in [0, 0.05) is 5.56 Å². The Balaban J connectivity index is 3.05. The summed E-state index contributed by atoms with van der Waals surface area (Å²) in [5, 5.41) is 16.9. The maximum Gasteiger partial charge on any atom is 0.306 e. The van der Waals surface area contributed by atoms with Gasteiger partial charge in [0.25, 0.3) is 0 Å². The SMILES string of the molecule is O=C(O)CC(O)c1ccc(F)c(Cl)c1F. The highest BCUT2D eigenvalue weighted by molar-refractivity contribution is 6.30. The lowest BCUT2D eigenvalue weighted by Crippen LogP contribution is -2.08. The molecule has 0 fully saturated rings. The second-order valence-corrected chi connectivity index (χ2v) is 3.26. The molecule has 1 aromatic rings. The molecule has 0 spiro atoms. The van der Waals surface area contributed by atoms with Gasteiger partial charge in [-0.15, -0.1) is 0 Å². The van der Waals surface area contributed by atoms with Crippen molar-refractivity contribution in [2.24, 2.45) is 0 Å². The molecule has 82 valence electrons. The third kappa shape index (κ3) is 2.64. The van der Waals surface area contributed by atoms with E-state index in [1.165, 1.54) is 0 Å². The van der Waals surface area contributed by atoms with Crippen molar-refractivity contribution in [1.82, 2.24) is 0 Å². The first-order valence-electron chi connectivity index (χ1n) is 3.96. The largest absolute Gasteiger partial charge is 0.481 e. The van der Waals surface area contributed by atoms with Crippen LogP contribution in [-0.2, 0) is 4.79 Å². The van der Waals surface area contributed by atoms with Crippen molar-refractivity contribution in [3.8, 4) is 0 Å². The number of benzene rings is 1. The van der Waals surface area contributed by atoms with Gasteiger partial charge in [-0.3, -0.25) is 4.79 Å². The van der Waals surface area contributed by atoms with Crippen LogP contribution in [0.2, 0.25) is 5.02 Å². The van der Waals surface area contributed by atoms with Crippen LogP contribution in [0.3, 0.4) is 0 Å². The molecule has 0 bridgehead atoms. The van der Waals surface area contributed by atoms with E-state index in [1.807, 2.05) is 0 Å². The number of carbonyl (C=O) groups is 1. The number of halogens is 3. The zero-order chi connectivity index (χ0) is 11.6. The summed E-state index contributed by atoms with van der Waals surface area (Å²) in [6, 6.07) is 1.83. The Morgan fingerprint density at radius 1 is 1.47 bits per heavy atom. The number of carboxylic acid groups (broad SMARTS) is 1. The number of aliphatic hydroxyl groups is 1. The molecule has 3 nitrogen and oxygen atoms in total. The maximum atomic E-state index is 13.2. The van der Waals surface area contributed by atoms with E-state index in [2.05, 4.69) is 0 Å². The number of aliphatic hydroxyl groups excluding tert-OH is 1.